The fourth-order valence-electron chi connectivity index (χ4n) is 4.90. The van der Waals surface area contributed by atoms with Crippen LogP contribution in [0.5, 0.6) is 0 Å². The lowest BCUT2D eigenvalue weighted by Gasteiger charge is -2.37. The third-order valence-electron chi connectivity index (χ3n) is 6.43. The summed E-state index contributed by atoms with van der Waals surface area (Å²) in [5.74, 6) is -0.430. The number of pyridine rings is 2. The van der Waals surface area contributed by atoms with Crippen molar-refractivity contribution in [1.82, 2.24) is 5.32 Å². The summed E-state index contributed by atoms with van der Waals surface area (Å²) in [7, 11) is 0. The van der Waals surface area contributed by atoms with Gasteiger partial charge in [0.25, 0.3) is 5.82 Å². The molecule has 2 aromatic heterocycles. The Balaban J connectivity index is 1.57. The van der Waals surface area contributed by atoms with E-state index in [9.17, 15) is 9.59 Å². The highest BCUT2D eigenvalue weighted by Crippen LogP contribution is 2.45. The first-order chi connectivity index (χ1) is 16.5. The molecule has 5 rings (SSSR count). The molecule has 1 aromatic carbocycles. The Labute approximate surface area is 206 Å². The van der Waals surface area contributed by atoms with Gasteiger partial charge in [-0.2, -0.15) is 0 Å². The van der Waals surface area contributed by atoms with E-state index in [-0.39, 0.29) is 17.6 Å². The summed E-state index contributed by atoms with van der Waals surface area (Å²) in [6.07, 6.45) is 6.14. The highest BCUT2D eigenvalue weighted by atomic mass is 79.9. The Morgan fingerprint density at radius 2 is 1.82 bits per heavy atom. The Bertz CT molecular complexity index is 1290. The first kappa shape index (κ1) is 22.2. The number of aromatic nitrogens is 2. The molecule has 0 bridgehead atoms. The van der Waals surface area contributed by atoms with Crippen molar-refractivity contribution in [2.45, 2.75) is 25.2 Å². The average molecular weight is 517 g/mol. The number of amides is 1. The Kier molecular flexibility index (Phi) is 6.11. The number of H-pyrrole nitrogens is 2. The molecule has 4 N–H and O–H groups in total. The van der Waals surface area contributed by atoms with Crippen LogP contribution < -0.4 is 20.6 Å². The van der Waals surface area contributed by atoms with Gasteiger partial charge in [-0.25, -0.2) is 20.1 Å². The Morgan fingerprint density at radius 3 is 2.53 bits per heavy atom. The molecule has 2 aliphatic rings. The van der Waals surface area contributed by atoms with Crippen molar-refractivity contribution in [3.63, 3.8) is 0 Å². The number of carbonyl (C=O) groups excluding carboxylic acids is 2. The molecule has 3 atom stereocenters. The van der Waals surface area contributed by atoms with Gasteiger partial charge in [0.1, 0.15) is 12.0 Å². The minimum absolute atomic E-state index is 0.00777. The third-order valence-corrected chi connectivity index (χ3v) is 6.92. The van der Waals surface area contributed by atoms with Crippen molar-refractivity contribution < 1.29 is 19.6 Å². The van der Waals surface area contributed by atoms with E-state index in [2.05, 4.69) is 54.7 Å². The molecule has 0 saturated carbocycles. The van der Waals surface area contributed by atoms with Crippen molar-refractivity contribution in [3.05, 3.63) is 112 Å². The maximum atomic E-state index is 13.6. The van der Waals surface area contributed by atoms with Crippen LogP contribution in [0.2, 0.25) is 0 Å². The van der Waals surface area contributed by atoms with Gasteiger partial charge in [0, 0.05) is 41.9 Å². The van der Waals surface area contributed by atoms with Crippen LogP contribution in [-0.4, -0.2) is 11.7 Å². The summed E-state index contributed by atoms with van der Waals surface area (Å²) in [6, 6.07) is 19.5. The minimum Gasteiger partial charge on any atom is -0.362 e. The monoisotopic (exact) mass is 516 g/mol. The lowest BCUT2D eigenvalue weighted by Crippen LogP contribution is -2.44. The van der Waals surface area contributed by atoms with E-state index in [4.69, 9.17) is 0 Å². The van der Waals surface area contributed by atoms with Crippen LogP contribution in [0.3, 0.4) is 0 Å². The number of rotatable bonds is 4. The molecule has 7 heteroatoms. The first-order valence-corrected chi connectivity index (χ1v) is 12.0. The SMILES string of the molecule is CC1=C(C(=O)Nc2ccc(Br)c[nH+]2)C(c2cccc[nH+]2)C2C(=O)CC(c3ccccc3)C=C2N1. The van der Waals surface area contributed by atoms with Gasteiger partial charge in [-0.05, 0) is 34.5 Å². The second-order valence-electron chi connectivity index (χ2n) is 8.62. The summed E-state index contributed by atoms with van der Waals surface area (Å²) in [4.78, 5) is 33.5. The van der Waals surface area contributed by atoms with Crippen LogP contribution in [0.25, 0.3) is 0 Å². The summed E-state index contributed by atoms with van der Waals surface area (Å²) >= 11 is 3.39. The Hall–Kier alpha value is -3.58. The van der Waals surface area contributed by atoms with E-state index in [0.29, 0.717) is 17.8 Å². The van der Waals surface area contributed by atoms with E-state index >= 15 is 0 Å². The zero-order chi connectivity index (χ0) is 23.7. The van der Waals surface area contributed by atoms with E-state index in [1.54, 1.807) is 12.3 Å². The zero-order valence-electron chi connectivity index (χ0n) is 18.6. The standard InChI is InChI=1S/C27H23BrN4O2/c1-16-24(27(34)32-23-11-10-19(28)15-30-23)26(20-9-5-6-12-29-20)25-21(31-16)13-18(14-22(25)33)17-7-3-2-4-8-17/h2-13,15,18,25-26,31H,14H2,1H3,(H,30,32,34)/p+2. The molecule has 6 nitrogen and oxygen atoms in total. The maximum absolute atomic E-state index is 13.6. The fourth-order valence-corrected chi connectivity index (χ4v) is 5.15. The largest absolute Gasteiger partial charge is 0.362 e. The molecule has 3 heterocycles. The van der Waals surface area contributed by atoms with E-state index in [1.165, 1.54) is 0 Å². The van der Waals surface area contributed by atoms with Crippen molar-refractivity contribution in [2.75, 3.05) is 5.32 Å². The summed E-state index contributed by atoms with van der Waals surface area (Å²) in [6.45, 7) is 1.89. The van der Waals surface area contributed by atoms with E-state index in [1.807, 2.05) is 55.6 Å². The number of ketones is 1. The molecule has 1 aliphatic heterocycles. The van der Waals surface area contributed by atoms with Crippen molar-refractivity contribution in [3.8, 4) is 0 Å². The predicted molar refractivity (Wildman–Crippen MR) is 131 cm³/mol. The van der Waals surface area contributed by atoms with Crippen LogP contribution in [0.4, 0.5) is 5.82 Å². The fraction of sp³-hybridized carbons (Fsp3) is 0.185. The molecule has 0 spiro atoms. The molecular weight excluding hydrogens is 492 g/mol. The van der Waals surface area contributed by atoms with Gasteiger partial charge < -0.3 is 5.32 Å². The number of hydrogen-bond donors (Lipinski definition) is 2. The molecule has 3 unspecified atom stereocenters. The molecule has 0 fully saturated rings. The zero-order valence-corrected chi connectivity index (χ0v) is 20.2. The van der Waals surface area contributed by atoms with Gasteiger partial charge in [0.2, 0.25) is 0 Å². The molecule has 0 radical (unpaired) electrons. The van der Waals surface area contributed by atoms with Crippen molar-refractivity contribution in [2.24, 2.45) is 5.92 Å². The molecule has 1 aliphatic carbocycles. The van der Waals surface area contributed by atoms with Gasteiger partial charge >= 0.3 is 5.91 Å². The quantitative estimate of drug-likeness (QED) is 0.550. The molecule has 3 aromatic rings. The average Bonchev–Trinajstić information content (AvgIpc) is 2.85. The molecule has 0 saturated heterocycles. The highest BCUT2D eigenvalue weighted by Gasteiger charge is 2.47. The van der Waals surface area contributed by atoms with Crippen LogP contribution in [0.15, 0.2) is 101 Å². The topological polar surface area (TPSA) is 86.5 Å². The van der Waals surface area contributed by atoms with Crippen LogP contribution in [0, 0.1) is 5.92 Å². The maximum Gasteiger partial charge on any atom is 0.337 e. The summed E-state index contributed by atoms with van der Waals surface area (Å²) < 4.78 is 0.882. The number of anilines is 1. The third kappa shape index (κ3) is 4.31. The normalized spacial score (nSPS) is 21.9. The van der Waals surface area contributed by atoms with Gasteiger partial charge in [-0.1, -0.05) is 42.5 Å². The van der Waals surface area contributed by atoms with Crippen LogP contribution in [-0.2, 0) is 9.59 Å². The van der Waals surface area contributed by atoms with Crippen LogP contribution >= 0.6 is 15.9 Å². The number of allylic oxidation sites excluding steroid dienone is 3. The number of fused-ring (bicyclic) bond motifs is 1. The number of nitrogens with one attached hydrogen (secondary N) is 4. The number of aromatic amines is 2. The van der Waals surface area contributed by atoms with Gasteiger partial charge in [-0.15, -0.1) is 0 Å². The number of halogens is 1. The van der Waals surface area contributed by atoms with Crippen LogP contribution in [0.1, 0.15) is 36.4 Å². The number of carbonyl (C=O) groups is 2. The number of hydrogen-bond acceptors (Lipinski definition) is 3. The van der Waals surface area contributed by atoms with Crippen molar-refractivity contribution in [1.29, 1.82) is 0 Å². The number of benzene rings is 1. The van der Waals surface area contributed by atoms with Gasteiger partial charge in [-0.3, -0.25) is 4.79 Å². The molecule has 34 heavy (non-hydrogen) atoms. The van der Waals surface area contributed by atoms with E-state index < -0.39 is 11.8 Å². The van der Waals surface area contributed by atoms with E-state index in [0.717, 1.165) is 27.1 Å². The van der Waals surface area contributed by atoms with Gasteiger partial charge in [0.05, 0.1) is 21.9 Å². The highest BCUT2D eigenvalue weighted by molar-refractivity contribution is 9.10. The summed E-state index contributed by atoms with van der Waals surface area (Å²) in [5, 5.41) is 6.36. The molecule has 170 valence electrons. The second-order valence-corrected chi connectivity index (χ2v) is 9.54. The lowest BCUT2D eigenvalue weighted by molar-refractivity contribution is -0.392. The lowest BCUT2D eigenvalue weighted by atomic mass is 9.69. The molecule has 1 amide bonds. The number of Topliss-reactive ketones (excluding diaryl/α,β-unsaturated/α-hetero) is 1. The van der Waals surface area contributed by atoms with Crippen molar-refractivity contribution >= 4 is 33.4 Å². The second kappa shape index (κ2) is 9.35. The summed E-state index contributed by atoms with van der Waals surface area (Å²) in [5.41, 5.74) is 4.09. The minimum atomic E-state index is -0.461. The molecular formula is C27H25BrN4O2+2. The Morgan fingerprint density at radius 1 is 1.03 bits per heavy atom. The van der Waals surface area contributed by atoms with Gasteiger partial charge in [0.15, 0.2) is 11.9 Å². The predicted octanol–water partition coefficient (Wildman–Crippen LogP) is 3.93. The first-order valence-electron chi connectivity index (χ1n) is 11.2. The smallest absolute Gasteiger partial charge is 0.337 e.